The molecule has 1 aliphatic rings. The number of ether oxygens (including phenoxy) is 1. The fourth-order valence-corrected chi connectivity index (χ4v) is 2.13. The molecule has 1 aromatic rings. The van der Waals surface area contributed by atoms with E-state index in [1.54, 1.807) is 30.1 Å². The van der Waals surface area contributed by atoms with Crippen molar-refractivity contribution in [1.29, 1.82) is 0 Å². The highest BCUT2D eigenvalue weighted by Crippen LogP contribution is 2.15. The molecule has 1 saturated heterocycles. The number of para-hydroxylation sites is 1. The normalized spacial score (nSPS) is 18.3. The van der Waals surface area contributed by atoms with Gasteiger partial charge in [0.2, 0.25) is 5.91 Å². The van der Waals surface area contributed by atoms with E-state index in [0.29, 0.717) is 6.54 Å². The van der Waals surface area contributed by atoms with Gasteiger partial charge >= 0.3 is 0 Å². The highest BCUT2D eigenvalue weighted by atomic mass is 19.1. The van der Waals surface area contributed by atoms with E-state index in [-0.39, 0.29) is 30.1 Å². The minimum atomic E-state index is -0.381. The lowest BCUT2D eigenvalue weighted by Crippen LogP contribution is -2.43. The molecule has 1 aliphatic heterocycles. The average Bonchev–Trinajstić information content (AvgIpc) is 2.94. The Balaban J connectivity index is 1.76. The number of benzene rings is 1. The first-order chi connectivity index (χ1) is 9.18. The number of hydrogen-bond acceptors (Lipinski definition) is 3. The molecule has 4 nitrogen and oxygen atoms in total. The highest BCUT2D eigenvalue weighted by Gasteiger charge is 2.24. The van der Waals surface area contributed by atoms with Crippen molar-refractivity contribution in [2.75, 3.05) is 26.7 Å². The predicted octanol–water partition coefficient (Wildman–Crippen LogP) is 1.41. The highest BCUT2D eigenvalue weighted by molar-refractivity contribution is 5.81. The second kappa shape index (κ2) is 6.52. The monoisotopic (exact) mass is 266 g/mol. The van der Waals surface area contributed by atoms with Gasteiger partial charge in [-0.2, -0.15) is 0 Å². The SMILES string of the molecule is CN(CCOc1ccccc1F)C(=O)[C@@H]1CCCN1. The number of nitrogens with zero attached hydrogens (tertiary/aromatic N) is 1. The predicted molar refractivity (Wildman–Crippen MR) is 70.6 cm³/mol. The minimum absolute atomic E-state index is 0.0709. The fraction of sp³-hybridized carbons (Fsp3) is 0.500. The van der Waals surface area contributed by atoms with Gasteiger partial charge < -0.3 is 15.0 Å². The summed E-state index contributed by atoms with van der Waals surface area (Å²) >= 11 is 0. The molecule has 1 amide bonds. The Morgan fingerprint density at radius 2 is 2.32 bits per heavy atom. The van der Waals surface area contributed by atoms with Gasteiger partial charge in [0, 0.05) is 7.05 Å². The van der Waals surface area contributed by atoms with Crippen LogP contribution in [0, 0.1) is 5.82 Å². The van der Waals surface area contributed by atoms with Crippen molar-refractivity contribution in [3.8, 4) is 5.75 Å². The molecule has 0 saturated carbocycles. The maximum Gasteiger partial charge on any atom is 0.239 e. The van der Waals surface area contributed by atoms with Gasteiger partial charge in [-0.3, -0.25) is 4.79 Å². The van der Waals surface area contributed by atoms with Crippen LogP contribution in [0.15, 0.2) is 24.3 Å². The van der Waals surface area contributed by atoms with Crippen molar-refractivity contribution in [3.63, 3.8) is 0 Å². The molecule has 0 aliphatic carbocycles. The summed E-state index contributed by atoms with van der Waals surface area (Å²) in [5.74, 6) is -0.0779. The molecule has 1 fully saturated rings. The maximum absolute atomic E-state index is 13.3. The topological polar surface area (TPSA) is 41.6 Å². The van der Waals surface area contributed by atoms with Gasteiger partial charge in [0.15, 0.2) is 11.6 Å². The van der Waals surface area contributed by atoms with Gasteiger partial charge in [-0.1, -0.05) is 12.1 Å². The lowest BCUT2D eigenvalue weighted by molar-refractivity contribution is -0.132. The Morgan fingerprint density at radius 1 is 1.53 bits per heavy atom. The molecule has 1 N–H and O–H groups in total. The second-order valence-corrected chi connectivity index (χ2v) is 4.69. The van der Waals surface area contributed by atoms with Crippen molar-refractivity contribution in [3.05, 3.63) is 30.1 Å². The molecule has 0 aromatic heterocycles. The molecule has 0 bridgehead atoms. The lowest BCUT2D eigenvalue weighted by Gasteiger charge is -2.21. The molecule has 0 radical (unpaired) electrons. The maximum atomic E-state index is 13.3. The smallest absolute Gasteiger partial charge is 0.239 e. The Bertz CT molecular complexity index is 433. The third kappa shape index (κ3) is 3.67. The van der Waals surface area contributed by atoms with E-state index >= 15 is 0 Å². The Morgan fingerprint density at radius 3 is 3.00 bits per heavy atom. The number of amides is 1. The summed E-state index contributed by atoms with van der Waals surface area (Å²) in [5.41, 5.74) is 0. The van der Waals surface area contributed by atoms with Gasteiger partial charge in [-0.25, -0.2) is 4.39 Å². The van der Waals surface area contributed by atoms with Gasteiger partial charge in [0.05, 0.1) is 12.6 Å². The zero-order valence-corrected chi connectivity index (χ0v) is 11.1. The molecule has 5 heteroatoms. The number of carbonyl (C=O) groups excluding carboxylic acids is 1. The summed E-state index contributed by atoms with van der Waals surface area (Å²) in [6, 6.07) is 6.19. The van der Waals surface area contributed by atoms with Gasteiger partial charge in [0.25, 0.3) is 0 Å². The number of carbonyl (C=O) groups is 1. The lowest BCUT2D eigenvalue weighted by atomic mass is 10.2. The molecular weight excluding hydrogens is 247 g/mol. The largest absolute Gasteiger partial charge is 0.489 e. The van der Waals surface area contributed by atoms with Gasteiger partial charge in [-0.05, 0) is 31.5 Å². The van der Waals surface area contributed by atoms with Crippen molar-refractivity contribution < 1.29 is 13.9 Å². The van der Waals surface area contributed by atoms with E-state index in [4.69, 9.17) is 4.74 Å². The summed E-state index contributed by atoms with van der Waals surface area (Å²) < 4.78 is 18.6. The number of nitrogens with one attached hydrogen (secondary N) is 1. The molecule has 104 valence electrons. The second-order valence-electron chi connectivity index (χ2n) is 4.69. The standard InChI is InChI=1S/C14H19FN2O2/c1-17(14(18)12-6-4-8-16-12)9-10-19-13-7-3-2-5-11(13)15/h2-3,5,7,12,16H,4,6,8-10H2,1H3/t12-/m0/s1. The molecule has 2 rings (SSSR count). The zero-order valence-electron chi connectivity index (χ0n) is 11.1. The van der Waals surface area contributed by atoms with Crippen molar-refractivity contribution >= 4 is 5.91 Å². The minimum Gasteiger partial charge on any atom is -0.489 e. The molecule has 1 atom stereocenters. The van der Waals surface area contributed by atoms with Crippen LogP contribution >= 0.6 is 0 Å². The third-order valence-corrected chi connectivity index (χ3v) is 3.26. The Kier molecular flexibility index (Phi) is 4.74. The summed E-state index contributed by atoms with van der Waals surface area (Å²) in [5, 5.41) is 3.16. The van der Waals surface area contributed by atoms with Crippen LogP contribution in [-0.4, -0.2) is 43.6 Å². The quantitative estimate of drug-likeness (QED) is 0.876. The summed E-state index contributed by atoms with van der Waals surface area (Å²) in [4.78, 5) is 13.6. The first-order valence-electron chi connectivity index (χ1n) is 6.54. The van der Waals surface area contributed by atoms with Crippen molar-refractivity contribution in [1.82, 2.24) is 10.2 Å². The van der Waals surface area contributed by atoms with Gasteiger partial charge in [-0.15, -0.1) is 0 Å². The van der Waals surface area contributed by atoms with E-state index < -0.39 is 0 Å². The number of likely N-dealkylation sites (N-methyl/N-ethyl adjacent to an activating group) is 1. The van der Waals surface area contributed by atoms with E-state index in [1.807, 2.05) is 0 Å². The summed E-state index contributed by atoms with van der Waals surface area (Å²) in [7, 11) is 1.74. The van der Waals surface area contributed by atoms with E-state index in [0.717, 1.165) is 19.4 Å². The summed E-state index contributed by atoms with van der Waals surface area (Å²) in [6.07, 6.45) is 1.92. The fourth-order valence-electron chi connectivity index (χ4n) is 2.13. The molecule has 0 spiro atoms. The average molecular weight is 266 g/mol. The van der Waals surface area contributed by atoms with E-state index in [1.165, 1.54) is 6.07 Å². The first kappa shape index (κ1) is 13.8. The Labute approximate surface area is 112 Å². The van der Waals surface area contributed by atoms with Crippen LogP contribution in [0.5, 0.6) is 5.75 Å². The third-order valence-electron chi connectivity index (χ3n) is 3.26. The number of halogens is 1. The van der Waals surface area contributed by atoms with Crippen LogP contribution in [0.4, 0.5) is 4.39 Å². The Hall–Kier alpha value is -1.62. The zero-order chi connectivity index (χ0) is 13.7. The summed E-state index contributed by atoms with van der Waals surface area (Å²) in [6.45, 7) is 1.64. The van der Waals surface area contributed by atoms with Gasteiger partial charge in [0.1, 0.15) is 6.61 Å². The van der Waals surface area contributed by atoms with Crippen LogP contribution in [0.25, 0.3) is 0 Å². The van der Waals surface area contributed by atoms with Crippen LogP contribution in [0.3, 0.4) is 0 Å². The molecule has 1 heterocycles. The van der Waals surface area contributed by atoms with Crippen LogP contribution in [0.1, 0.15) is 12.8 Å². The van der Waals surface area contributed by atoms with E-state index in [9.17, 15) is 9.18 Å². The first-order valence-corrected chi connectivity index (χ1v) is 6.54. The van der Waals surface area contributed by atoms with Crippen molar-refractivity contribution in [2.45, 2.75) is 18.9 Å². The van der Waals surface area contributed by atoms with Crippen LogP contribution in [0.2, 0.25) is 0 Å². The molecular formula is C14H19FN2O2. The molecule has 1 aromatic carbocycles. The number of rotatable bonds is 5. The van der Waals surface area contributed by atoms with E-state index in [2.05, 4.69) is 5.32 Å². The van der Waals surface area contributed by atoms with Crippen LogP contribution in [-0.2, 0) is 4.79 Å². The number of hydrogen-bond donors (Lipinski definition) is 1. The molecule has 0 unspecified atom stereocenters. The molecule has 19 heavy (non-hydrogen) atoms. The van der Waals surface area contributed by atoms with Crippen molar-refractivity contribution in [2.24, 2.45) is 0 Å². The van der Waals surface area contributed by atoms with Crippen LogP contribution < -0.4 is 10.1 Å².